The Balaban J connectivity index is 0.000000821. The molecule has 0 aliphatic heterocycles. The third-order valence-electron chi connectivity index (χ3n) is 5.85. The molecule has 1 atom stereocenters. The number of benzene rings is 3. The van der Waals surface area contributed by atoms with Gasteiger partial charge in [0.1, 0.15) is 6.04 Å². The highest BCUT2D eigenvalue weighted by Gasteiger charge is 2.38. The predicted octanol–water partition coefficient (Wildman–Crippen LogP) is 4.34. The third-order valence-corrected chi connectivity index (χ3v) is 7.33. The van der Waals surface area contributed by atoms with Crippen molar-refractivity contribution >= 4 is 51.1 Å². The van der Waals surface area contributed by atoms with Gasteiger partial charge in [0.25, 0.3) is 5.91 Å². The number of amides is 1. The Morgan fingerprint density at radius 2 is 1.81 bits per heavy atom. The third kappa shape index (κ3) is 9.35. The van der Waals surface area contributed by atoms with Crippen LogP contribution in [-0.2, 0) is 26.0 Å². The fourth-order valence-electron chi connectivity index (χ4n) is 3.65. The Morgan fingerprint density at radius 1 is 1.19 bits per heavy atom. The first-order chi connectivity index (χ1) is 20.0. The molecule has 0 radical (unpaired) electrons. The zero-order valence-electron chi connectivity index (χ0n) is 22.5. The zero-order chi connectivity index (χ0) is 32.5. The van der Waals surface area contributed by atoms with E-state index in [1.807, 2.05) is 6.07 Å². The highest BCUT2D eigenvalue weighted by Crippen LogP contribution is 2.31. The molecule has 0 unspecified atom stereocenters. The van der Waals surface area contributed by atoms with Crippen molar-refractivity contribution in [3.05, 3.63) is 82.4 Å². The van der Waals surface area contributed by atoms with E-state index in [-0.39, 0.29) is 11.4 Å². The summed E-state index contributed by atoms with van der Waals surface area (Å²) >= 11 is 6.54. The summed E-state index contributed by atoms with van der Waals surface area (Å²) in [4.78, 5) is 22.1. The average molecular weight is 640 g/mol. The Hall–Kier alpha value is -4.81. The van der Waals surface area contributed by atoms with Crippen molar-refractivity contribution in [2.24, 2.45) is 5.16 Å². The van der Waals surface area contributed by atoms with Crippen LogP contribution < -0.4 is 11.1 Å². The average Bonchev–Trinajstić information content (AvgIpc) is 2.93. The first-order valence-electron chi connectivity index (χ1n) is 11.9. The van der Waals surface area contributed by atoms with Crippen molar-refractivity contribution in [3.8, 4) is 17.2 Å². The van der Waals surface area contributed by atoms with Crippen molar-refractivity contribution in [2.45, 2.75) is 18.6 Å². The van der Waals surface area contributed by atoms with Gasteiger partial charge in [0.15, 0.2) is 0 Å². The molecule has 0 aliphatic rings. The number of hydrogen-bond acceptors (Lipinski definition) is 9. The minimum atomic E-state index is -5.08. The molecule has 0 fully saturated rings. The molecule has 11 nitrogen and oxygen atoms in total. The van der Waals surface area contributed by atoms with Gasteiger partial charge in [0, 0.05) is 24.7 Å². The lowest BCUT2D eigenvalue weighted by Gasteiger charge is -2.25. The van der Waals surface area contributed by atoms with E-state index in [4.69, 9.17) is 32.4 Å². The quantitative estimate of drug-likeness (QED) is 0.120. The number of carbonyl (C=O) groups is 2. The van der Waals surface area contributed by atoms with E-state index >= 15 is 0 Å². The Morgan fingerprint density at radius 3 is 2.35 bits per heavy atom. The molecule has 43 heavy (non-hydrogen) atoms. The summed E-state index contributed by atoms with van der Waals surface area (Å²) in [6.45, 7) is 0. The Labute approximate surface area is 249 Å². The molecule has 0 spiro atoms. The van der Waals surface area contributed by atoms with Gasteiger partial charge in [0.2, 0.25) is 10.0 Å². The lowest BCUT2D eigenvalue weighted by atomic mass is 9.98. The van der Waals surface area contributed by atoms with Crippen molar-refractivity contribution < 1.29 is 41.5 Å². The van der Waals surface area contributed by atoms with Crippen LogP contribution >= 0.6 is 11.6 Å². The maximum atomic E-state index is 13.2. The number of nitriles is 1. The van der Waals surface area contributed by atoms with E-state index in [0.29, 0.717) is 43.5 Å². The van der Waals surface area contributed by atoms with Crippen molar-refractivity contribution in [1.82, 2.24) is 4.31 Å². The van der Waals surface area contributed by atoms with E-state index in [0.717, 1.165) is 12.5 Å². The molecule has 0 saturated heterocycles. The number of carboxylic acid groups (broad SMARTS) is 1. The van der Waals surface area contributed by atoms with E-state index in [1.54, 1.807) is 54.6 Å². The van der Waals surface area contributed by atoms with Crippen LogP contribution in [0.25, 0.3) is 11.1 Å². The topological polar surface area (TPSA) is 186 Å². The van der Waals surface area contributed by atoms with Gasteiger partial charge < -0.3 is 21.4 Å². The molecule has 3 aromatic rings. The second kappa shape index (κ2) is 14.4. The molecule has 1 amide bonds. The first-order valence-corrected chi connectivity index (χ1v) is 14.1. The number of rotatable bonds is 8. The number of oxime groups is 1. The number of nitrogens with two attached hydrogens (primary N) is 1. The van der Waals surface area contributed by atoms with E-state index in [2.05, 4.69) is 16.5 Å². The molecule has 0 saturated carbocycles. The van der Waals surface area contributed by atoms with Gasteiger partial charge in [-0.1, -0.05) is 53.2 Å². The van der Waals surface area contributed by atoms with Gasteiger partial charge in [-0.15, -0.1) is 0 Å². The number of alkyl halides is 3. The summed E-state index contributed by atoms with van der Waals surface area (Å²) in [5.74, 6) is -3.48. The number of anilines is 2. The van der Waals surface area contributed by atoms with Gasteiger partial charge in [-0.3, -0.25) is 4.79 Å². The van der Waals surface area contributed by atoms with Gasteiger partial charge in [0.05, 0.1) is 34.8 Å². The molecule has 16 heteroatoms. The standard InChI is InChI=1S/C25H24ClN5O4S.C2HF3O2/c1-31(36(2,34)35)25(32)24(13-16-7-5-9-22(28)20(16)15-29-33)30-23-11-10-17(12-21(23)26)19-8-4-3-6-18(19)14-27;3-2(4,5)1(6)7/h3-12,15,24,30,33H,13,28H2,1-2H3;(H,6,7)/t24-;/m0./s1. The number of aliphatic carboxylic acids is 1. The van der Waals surface area contributed by atoms with Crippen molar-refractivity contribution in [3.63, 3.8) is 0 Å². The van der Waals surface area contributed by atoms with E-state index < -0.39 is 34.1 Å². The number of nitrogens with zero attached hydrogens (tertiary/aromatic N) is 3. The van der Waals surface area contributed by atoms with Crippen LogP contribution in [0.1, 0.15) is 16.7 Å². The second-order valence-electron chi connectivity index (χ2n) is 8.79. The lowest BCUT2D eigenvalue weighted by molar-refractivity contribution is -0.192. The van der Waals surface area contributed by atoms with Crippen molar-refractivity contribution in [2.75, 3.05) is 24.4 Å². The molecular weight excluding hydrogens is 615 g/mol. The monoisotopic (exact) mass is 639 g/mol. The van der Waals surface area contributed by atoms with Crippen LogP contribution in [0.3, 0.4) is 0 Å². The SMILES string of the molecule is CN(C(=O)[C@H](Cc1cccc(N)c1C=NO)Nc1ccc(-c2ccccc2C#N)cc1Cl)S(C)(=O)=O.O=C(O)C(F)(F)F. The molecule has 0 bridgehead atoms. The predicted molar refractivity (Wildman–Crippen MR) is 154 cm³/mol. The molecule has 0 aliphatic carbocycles. The van der Waals surface area contributed by atoms with Gasteiger partial charge >= 0.3 is 12.1 Å². The van der Waals surface area contributed by atoms with Crippen molar-refractivity contribution in [1.29, 1.82) is 5.26 Å². The number of carboxylic acids is 1. The highest BCUT2D eigenvalue weighted by atomic mass is 35.5. The number of nitrogen functional groups attached to an aromatic ring is 1. The summed E-state index contributed by atoms with van der Waals surface area (Å²) in [6, 6.07) is 18.2. The van der Waals surface area contributed by atoms with Gasteiger partial charge in [-0.25, -0.2) is 17.5 Å². The van der Waals surface area contributed by atoms with E-state index in [9.17, 15) is 31.6 Å². The maximum Gasteiger partial charge on any atom is 0.490 e. The largest absolute Gasteiger partial charge is 0.490 e. The molecule has 3 rings (SSSR count). The summed E-state index contributed by atoms with van der Waals surface area (Å²) in [7, 11) is -2.66. The number of sulfonamides is 1. The number of nitrogens with one attached hydrogen (secondary N) is 1. The summed E-state index contributed by atoms with van der Waals surface area (Å²) in [5, 5.41) is 31.9. The number of halogens is 4. The fourth-order valence-corrected chi connectivity index (χ4v) is 4.34. The summed E-state index contributed by atoms with van der Waals surface area (Å²) < 4.78 is 56.6. The minimum absolute atomic E-state index is 0.0143. The van der Waals surface area contributed by atoms with Crippen LogP contribution in [0.5, 0.6) is 0 Å². The molecular formula is C27H25ClF3N5O6S. The zero-order valence-corrected chi connectivity index (χ0v) is 24.1. The normalized spacial score (nSPS) is 12.0. The molecule has 5 N–H and O–H groups in total. The van der Waals surface area contributed by atoms with Crippen LogP contribution in [0.2, 0.25) is 5.02 Å². The Bertz CT molecular complexity index is 1680. The number of carbonyl (C=O) groups excluding carboxylic acids is 1. The smallest absolute Gasteiger partial charge is 0.475 e. The van der Waals surface area contributed by atoms with Crippen LogP contribution in [0.4, 0.5) is 24.5 Å². The first kappa shape index (κ1) is 34.4. The fraction of sp³-hybridized carbons (Fsp3) is 0.185. The van der Waals surface area contributed by atoms with Gasteiger partial charge in [-0.05, 0) is 41.0 Å². The molecule has 0 heterocycles. The summed E-state index contributed by atoms with van der Waals surface area (Å²) in [6.07, 6.45) is -2.98. The van der Waals surface area contributed by atoms with Crippen LogP contribution in [0, 0.1) is 11.3 Å². The van der Waals surface area contributed by atoms with Crippen LogP contribution in [0.15, 0.2) is 65.8 Å². The summed E-state index contributed by atoms with van der Waals surface area (Å²) in [5.41, 5.74) is 9.55. The Kier molecular flexibility index (Phi) is 11.5. The number of hydrogen-bond donors (Lipinski definition) is 4. The van der Waals surface area contributed by atoms with Gasteiger partial charge in [-0.2, -0.15) is 18.4 Å². The van der Waals surface area contributed by atoms with Crippen LogP contribution in [-0.4, -0.2) is 66.6 Å². The molecule has 3 aromatic carbocycles. The lowest BCUT2D eigenvalue weighted by Crippen LogP contribution is -2.44. The second-order valence-corrected chi connectivity index (χ2v) is 11.2. The maximum absolute atomic E-state index is 13.2. The minimum Gasteiger partial charge on any atom is -0.475 e. The number of likely N-dealkylation sites (N-methyl/N-ethyl adjacent to an activating group) is 1. The molecule has 228 valence electrons. The molecule has 0 aromatic heterocycles. The van der Waals surface area contributed by atoms with E-state index in [1.165, 1.54) is 7.05 Å². The highest BCUT2D eigenvalue weighted by molar-refractivity contribution is 7.88.